The van der Waals surface area contributed by atoms with Gasteiger partial charge < -0.3 is 14.6 Å². The number of aromatic nitrogens is 3. The van der Waals surface area contributed by atoms with Crippen molar-refractivity contribution >= 4 is 11.6 Å². The van der Waals surface area contributed by atoms with Gasteiger partial charge in [0, 0.05) is 24.8 Å². The predicted molar refractivity (Wildman–Crippen MR) is 114 cm³/mol. The van der Waals surface area contributed by atoms with Gasteiger partial charge in [-0.25, -0.2) is 4.39 Å². The third kappa shape index (κ3) is 4.46. The molecule has 0 saturated carbocycles. The summed E-state index contributed by atoms with van der Waals surface area (Å²) in [5.41, 5.74) is 2.68. The summed E-state index contributed by atoms with van der Waals surface area (Å²) in [5.74, 6) is 0.0825. The molecule has 8 nitrogen and oxygen atoms in total. The van der Waals surface area contributed by atoms with Crippen molar-refractivity contribution in [2.45, 2.75) is 26.7 Å². The summed E-state index contributed by atoms with van der Waals surface area (Å²) >= 11 is 0. The molecule has 1 aliphatic heterocycles. The summed E-state index contributed by atoms with van der Waals surface area (Å²) in [7, 11) is 1.52. The molecule has 4 rings (SSSR count). The summed E-state index contributed by atoms with van der Waals surface area (Å²) in [4.78, 5) is 15.0. The minimum Gasteiger partial charge on any atom is -0.492 e. The Bertz CT molecular complexity index is 1050. The molecule has 0 spiro atoms. The molecule has 0 aliphatic carbocycles. The number of ether oxygens (including phenoxy) is 1. The van der Waals surface area contributed by atoms with Crippen molar-refractivity contribution in [3.8, 4) is 16.9 Å². The van der Waals surface area contributed by atoms with E-state index in [-0.39, 0.29) is 5.69 Å². The fourth-order valence-electron chi connectivity index (χ4n) is 3.94. The fraction of sp³-hybridized carbons (Fsp3) is 0.409. The lowest BCUT2D eigenvalue weighted by Gasteiger charge is -2.17. The fourth-order valence-corrected chi connectivity index (χ4v) is 3.94. The van der Waals surface area contributed by atoms with E-state index in [0.29, 0.717) is 23.8 Å². The number of benzene rings is 1. The van der Waals surface area contributed by atoms with Gasteiger partial charge in [-0.2, -0.15) is 5.10 Å². The monoisotopic (exact) mass is 427 g/mol. The van der Waals surface area contributed by atoms with Crippen LogP contribution in [0.15, 0.2) is 28.9 Å². The van der Waals surface area contributed by atoms with E-state index in [2.05, 4.69) is 20.5 Å². The molecule has 1 amide bonds. The number of anilines is 1. The van der Waals surface area contributed by atoms with Gasteiger partial charge in [0.05, 0.1) is 17.5 Å². The quantitative estimate of drug-likeness (QED) is 0.621. The van der Waals surface area contributed by atoms with Crippen molar-refractivity contribution < 1.29 is 18.4 Å². The number of rotatable bonds is 7. The number of carbonyl (C=O) groups excluding carboxylic acids is 1. The van der Waals surface area contributed by atoms with Gasteiger partial charge in [-0.05, 0) is 58.0 Å². The van der Waals surface area contributed by atoms with Crippen molar-refractivity contribution in [2.75, 3.05) is 31.6 Å². The average molecular weight is 427 g/mol. The maximum absolute atomic E-state index is 13.9. The third-order valence-corrected chi connectivity index (χ3v) is 5.51. The highest BCUT2D eigenvalue weighted by molar-refractivity contribution is 6.03. The molecule has 1 aromatic carbocycles. The van der Waals surface area contributed by atoms with Crippen LogP contribution in [-0.2, 0) is 7.05 Å². The van der Waals surface area contributed by atoms with Crippen LogP contribution in [0.1, 0.15) is 34.8 Å². The van der Waals surface area contributed by atoms with Gasteiger partial charge in [0.25, 0.3) is 5.91 Å². The normalized spacial score (nSPS) is 14.2. The molecular weight excluding hydrogens is 401 g/mol. The van der Waals surface area contributed by atoms with Crippen molar-refractivity contribution in [3.63, 3.8) is 0 Å². The number of aryl methyl sites for hydroxylation is 3. The SMILES string of the molecule is Cc1noc(C)c1-c1cc(NC(=O)c2c(F)cnn2C)ccc1OCCN1CCCC1. The summed E-state index contributed by atoms with van der Waals surface area (Å²) < 4.78 is 26.6. The van der Waals surface area contributed by atoms with Gasteiger partial charge in [0.1, 0.15) is 18.1 Å². The van der Waals surface area contributed by atoms with Crippen molar-refractivity contribution in [1.29, 1.82) is 0 Å². The standard InChI is InChI=1S/C22H26FN5O3/c1-14-20(15(2)31-26-14)17-12-16(25-22(29)21-18(23)13-24-27(21)3)6-7-19(17)30-11-10-28-8-4-5-9-28/h6-7,12-13H,4-5,8-11H2,1-3H3,(H,25,29). The highest BCUT2D eigenvalue weighted by Gasteiger charge is 2.21. The van der Waals surface area contributed by atoms with E-state index < -0.39 is 11.7 Å². The van der Waals surface area contributed by atoms with Crippen LogP contribution in [-0.4, -0.2) is 52.0 Å². The van der Waals surface area contributed by atoms with Crippen LogP contribution in [0, 0.1) is 19.7 Å². The zero-order chi connectivity index (χ0) is 22.0. The molecule has 3 heterocycles. The molecule has 1 saturated heterocycles. The Morgan fingerprint density at radius 3 is 2.71 bits per heavy atom. The maximum Gasteiger partial charge on any atom is 0.276 e. The number of likely N-dealkylation sites (tertiary alicyclic amines) is 1. The molecule has 0 unspecified atom stereocenters. The number of hydrogen-bond donors (Lipinski definition) is 1. The van der Waals surface area contributed by atoms with Crippen LogP contribution in [0.25, 0.3) is 11.1 Å². The first kappa shape index (κ1) is 21.0. The molecule has 0 radical (unpaired) electrons. The van der Waals surface area contributed by atoms with Gasteiger partial charge in [-0.15, -0.1) is 0 Å². The summed E-state index contributed by atoms with van der Waals surface area (Å²) in [6.07, 6.45) is 3.48. The number of hydrogen-bond acceptors (Lipinski definition) is 6. The third-order valence-electron chi connectivity index (χ3n) is 5.51. The van der Waals surface area contributed by atoms with Crippen molar-refractivity contribution in [1.82, 2.24) is 19.8 Å². The van der Waals surface area contributed by atoms with Gasteiger partial charge >= 0.3 is 0 Å². The summed E-state index contributed by atoms with van der Waals surface area (Å²) in [5, 5.41) is 10.6. The maximum atomic E-state index is 13.9. The van der Waals surface area contributed by atoms with Crippen LogP contribution >= 0.6 is 0 Å². The van der Waals surface area contributed by atoms with Crippen LogP contribution in [0.4, 0.5) is 10.1 Å². The second-order valence-corrected chi connectivity index (χ2v) is 7.73. The largest absolute Gasteiger partial charge is 0.492 e. The number of carbonyl (C=O) groups is 1. The van der Waals surface area contributed by atoms with Crippen LogP contribution in [0.3, 0.4) is 0 Å². The summed E-state index contributed by atoms with van der Waals surface area (Å²) in [6, 6.07) is 5.34. The Morgan fingerprint density at radius 1 is 1.29 bits per heavy atom. The van der Waals surface area contributed by atoms with Crippen LogP contribution in [0.5, 0.6) is 5.75 Å². The molecule has 2 aromatic heterocycles. The second kappa shape index (κ2) is 8.89. The first-order chi connectivity index (χ1) is 14.9. The van der Waals surface area contributed by atoms with Gasteiger partial charge in [-0.1, -0.05) is 5.16 Å². The molecule has 1 fully saturated rings. The zero-order valence-electron chi connectivity index (χ0n) is 17.9. The second-order valence-electron chi connectivity index (χ2n) is 7.73. The number of nitrogens with one attached hydrogen (secondary N) is 1. The molecule has 164 valence electrons. The zero-order valence-corrected chi connectivity index (χ0v) is 17.9. The van der Waals surface area contributed by atoms with Crippen molar-refractivity contribution in [2.24, 2.45) is 7.05 Å². The van der Waals surface area contributed by atoms with Gasteiger partial charge in [-0.3, -0.25) is 14.4 Å². The lowest BCUT2D eigenvalue weighted by molar-refractivity contribution is 0.101. The van der Waals surface area contributed by atoms with Crippen LogP contribution < -0.4 is 10.1 Å². The molecule has 1 aliphatic rings. The van der Waals surface area contributed by atoms with Crippen molar-refractivity contribution in [3.05, 3.63) is 47.4 Å². The first-order valence-corrected chi connectivity index (χ1v) is 10.4. The number of nitrogens with zero attached hydrogens (tertiary/aromatic N) is 4. The number of amides is 1. The Morgan fingerprint density at radius 2 is 2.06 bits per heavy atom. The molecule has 31 heavy (non-hydrogen) atoms. The summed E-state index contributed by atoms with van der Waals surface area (Å²) in [6.45, 7) is 7.32. The van der Waals surface area contributed by atoms with E-state index in [0.717, 1.165) is 42.7 Å². The molecular formula is C22H26FN5O3. The van der Waals surface area contributed by atoms with E-state index in [9.17, 15) is 9.18 Å². The molecule has 1 N–H and O–H groups in total. The van der Waals surface area contributed by atoms with Gasteiger partial charge in [0.2, 0.25) is 0 Å². The predicted octanol–water partition coefficient (Wildman–Crippen LogP) is 3.56. The average Bonchev–Trinajstić information content (AvgIpc) is 3.45. The minimum absolute atomic E-state index is 0.134. The van der Waals surface area contributed by atoms with Crippen LogP contribution in [0.2, 0.25) is 0 Å². The van der Waals surface area contributed by atoms with E-state index in [1.807, 2.05) is 13.8 Å². The Labute approximate surface area is 180 Å². The topological polar surface area (TPSA) is 85.4 Å². The van der Waals surface area contributed by atoms with E-state index in [1.54, 1.807) is 18.2 Å². The lowest BCUT2D eigenvalue weighted by atomic mass is 10.0. The highest BCUT2D eigenvalue weighted by atomic mass is 19.1. The smallest absolute Gasteiger partial charge is 0.276 e. The Kier molecular flexibility index (Phi) is 6.03. The lowest BCUT2D eigenvalue weighted by Crippen LogP contribution is -2.25. The Balaban J connectivity index is 1.59. The van der Waals surface area contributed by atoms with E-state index in [1.165, 1.54) is 24.6 Å². The van der Waals surface area contributed by atoms with Gasteiger partial charge in [0.15, 0.2) is 11.5 Å². The number of halogens is 1. The van der Waals surface area contributed by atoms with E-state index in [4.69, 9.17) is 9.26 Å². The Hall–Kier alpha value is -3.20. The minimum atomic E-state index is -0.673. The molecule has 3 aromatic rings. The molecule has 0 bridgehead atoms. The first-order valence-electron chi connectivity index (χ1n) is 10.4. The highest BCUT2D eigenvalue weighted by Crippen LogP contribution is 2.37. The molecule has 9 heteroatoms. The molecule has 0 atom stereocenters. The van der Waals surface area contributed by atoms with E-state index >= 15 is 0 Å².